The van der Waals surface area contributed by atoms with Crippen LogP contribution in [0.3, 0.4) is 0 Å². The van der Waals surface area contributed by atoms with Crippen LogP contribution in [-0.2, 0) is 11.4 Å². The molecule has 4 nitrogen and oxygen atoms in total. The standard InChI is InChI=1S/C24H17BrCl2N2O2/c1-15-3-2-4-16(9-15)14-31-23-21(25)11-17(12-22(23)27)10-18(13-28)24(30)29-20-7-5-19(26)6-8-20/h2-12H,14H2,1H3,(H,29,30)/b18-10-. The fraction of sp³-hybridized carbons (Fsp3) is 0.0833. The first-order valence-electron chi connectivity index (χ1n) is 9.22. The van der Waals surface area contributed by atoms with Crippen molar-refractivity contribution in [2.45, 2.75) is 13.5 Å². The van der Waals surface area contributed by atoms with Gasteiger partial charge in [0.2, 0.25) is 0 Å². The first-order valence-corrected chi connectivity index (χ1v) is 10.8. The van der Waals surface area contributed by atoms with Gasteiger partial charge in [0.1, 0.15) is 18.2 Å². The maximum atomic E-state index is 12.5. The zero-order valence-electron chi connectivity index (χ0n) is 16.5. The van der Waals surface area contributed by atoms with Crippen molar-refractivity contribution < 1.29 is 9.53 Å². The summed E-state index contributed by atoms with van der Waals surface area (Å²) >= 11 is 15.7. The molecule has 0 saturated carbocycles. The number of nitriles is 1. The van der Waals surface area contributed by atoms with Crippen LogP contribution in [0.15, 0.2) is 70.7 Å². The second-order valence-corrected chi connectivity index (χ2v) is 8.42. The summed E-state index contributed by atoms with van der Waals surface area (Å²) < 4.78 is 6.50. The molecule has 7 heteroatoms. The number of hydrogen-bond donors (Lipinski definition) is 1. The van der Waals surface area contributed by atoms with Gasteiger partial charge < -0.3 is 10.1 Å². The highest BCUT2D eigenvalue weighted by molar-refractivity contribution is 9.10. The first kappa shape index (κ1) is 22.9. The van der Waals surface area contributed by atoms with Gasteiger partial charge in [-0.2, -0.15) is 5.26 Å². The molecule has 0 radical (unpaired) electrons. The fourth-order valence-electron chi connectivity index (χ4n) is 2.81. The van der Waals surface area contributed by atoms with Crippen LogP contribution in [0.25, 0.3) is 6.08 Å². The minimum Gasteiger partial charge on any atom is -0.486 e. The molecule has 0 fully saturated rings. The lowest BCUT2D eigenvalue weighted by Gasteiger charge is -2.12. The number of benzene rings is 3. The average Bonchev–Trinajstić information content (AvgIpc) is 2.73. The number of rotatable bonds is 6. The number of ether oxygens (including phenoxy) is 1. The molecule has 0 saturated heterocycles. The van der Waals surface area contributed by atoms with E-state index in [4.69, 9.17) is 27.9 Å². The van der Waals surface area contributed by atoms with E-state index in [-0.39, 0.29) is 5.57 Å². The van der Waals surface area contributed by atoms with Crippen LogP contribution in [0.2, 0.25) is 10.0 Å². The van der Waals surface area contributed by atoms with Crippen molar-refractivity contribution in [2.24, 2.45) is 0 Å². The van der Waals surface area contributed by atoms with E-state index in [0.717, 1.165) is 11.1 Å². The van der Waals surface area contributed by atoms with Crippen LogP contribution in [0.1, 0.15) is 16.7 Å². The third kappa shape index (κ3) is 6.35. The molecule has 0 unspecified atom stereocenters. The van der Waals surface area contributed by atoms with Gasteiger partial charge in [0.15, 0.2) is 5.75 Å². The lowest BCUT2D eigenvalue weighted by atomic mass is 10.1. The third-order valence-electron chi connectivity index (χ3n) is 4.26. The van der Waals surface area contributed by atoms with E-state index in [9.17, 15) is 10.1 Å². The molecule has 0 aromatic heterocycles. The van der Waals surface area contributed by atoms with Crippen molar-refractivity contribution in [3.8, 4) is 11.8 Å². The Morgan fingerprint density at radius 2 is 1.90 bits per heavy atom. The highest BCUT2D eigenvalue weighted by atomic mass is 79.9. The normalized spacial score (nSPS) is 11.0. The number of nitrogens with zero attached hydrogens (tertiary/aromatic N) is 1. The Hall–Kier alpha value is -2.78. The highest BCUT2D eigenvalue weighted by Gasteiger charge is 2.13. The Morgan fingerprint density at radius 3 is 2.55 bits per heavy atom. The van der Waals surface area contributed by atoms with E-state index in [1.807, 2.05) is 37.3 Å². The van der Waals surface area contributed by atoms with E-state index in [2.05, 4.69) is 21.2 Å². The Kier molecular flexibility index (Phi) is 7.75. The second-order valence-electron chi connectivity index (χ2n) is 6.72. The number of carbonyl (C=O) groups is 1. The van der Waals surface area contributed by atoms with Crippen LogP contribution in [-0.4, -0.2) is 5.91 Å². The van der Waals surface area contributed by atoms with Crippen molar-refractivity contribution in [2.75, 3.05) is 5.32 Å². The predicted molar refractivity (Wildman–Crippen MR) is 128 cm³/mol. The topological polar surface area (TPSA) is 62.1 Å². The van der Waals surface area contributed by atoms with Crippen molar-refractivity contribution in [3.05, 3.63) is 97.4 Å². The van der Waals surface area contributed by atoms with Crippen molar-refractivity contribution >= 4 is 56.8 Å². The van der Waals surface area contributed by atoms with Crippen molar-refractivity contribution in [3.63, 3.8) is 0 Å². The first-order chi connectivity index (χ1) is 14.9. The molecule has 0 heterocycles. The van der Waals surface area contributed by atoms with Gasteiger partial charge in [0.05, 0.1) is 9.50 Å². The molecular weight excluding hydrogens is 499 g/mol. The largest absolute Gasteiger partial charge is 0.486 e. The zero-order chi connectivity index (χ0) is 22.4. The molecule has 31 heavy (non-hydrogen) atoms. The fourth-order valence-corrected chi connectivity index (χ4v) is 3.92. The molecule has 0 aliphatic rings. The molecule has 1 N–H and O–H groups in total. The molecule has 0 aliphatic carbocycles. The number of hydrogen-bond acceptors (Lipinski definition) is 3. The van der Waals surface area contributed by atoms with Crippen LogP contribution in [0.4, 0.5) is 5.69 Å². The average molecular weight is 516 g/mol. The van der Waals surface area contributed by atoms with Gasteiger partial charge in [-0.25, -0.2) is 0 Å². The number of anilines is 1. The molecule has 156 valence electrons. The lowest BCUT2D eigenvalue weighted by molar-refractivity contribution is -0.112. The predicted octanol–water partition coefficient (Wildman–Crippen LogP) is 7.19. The molecule has 3 aromatic carbocycles. The minimum atomic E-state index is -0.531. The van der Waals surface area contributed by atoms with Crippen molar-refractivity contribution in [1.29, 1.82) is 5.26 Å². The Balaban J connectivity index is 1.76. The van der Waals surface area contributed by atoms with Gasteiger partial charge >= 0.3 is 0 Å². The van der Waals surface area contributed by atoms with E-state index < -0.39 is 5.91 Å². The quantitative estimate of drug-likeness (QED) is 0.279. The summed E-state index contributed by atoms with van der Waals surface area (Å²) in [7, 11) is 0. The molecule has 1 amide bonds. The molecule has 3 rings (SSSR count). The summed E-state index contributed by atoms with van der Waals surface area (Å²) in [4.78, 5) is 12.5. The number of amides is 1. The molecule has 3 aromatic rings. The lowest BCUT2D eigenvalue weighted by Crippen LogP contribution is -2.13. The summed E-state index contributed by atoms with van der Waals surface area (Å²) in [5.74, 6) is -0.0405. The second kappa shape index (κ2) is 10.5. The molecule has 0 atom stereocenters. The summed E-state index contributed by atoms with van der Waals surface area (Å²) in [6, 6.07) is 19.9. The van der Waals surface area contributed by atoms with Crippen molar-refractivity contribution in [1.82, 2.24) is 0 Å². The minimum absolute atomic E-state index is 0.0636. The Labute approximate surface area is 199 Å². The number of nitrogens with one attached hydrogen (secondary N) is 1. The summed E-state index contributed by atoms with van der Waals surface area (Å²) in [6.07, 6.45) is 1.46. The zero-order valence-corrected chi connectivity index (χ0v) is 19.6. The van der Waals surface area contributed by atoms with E-state index in [0.29, 0.717) is 38.1 Å². The monoisotopic (exact) mass is 514 g/mol. The Bertz CT molecular complexity index is 1160. The van der Waals surface area contributed by atoms with Crippen LogP contribution < -0.4 is 10.1 Å². The van der Waals surface area contributed by atoms with E-state index in [1.54, 1.807) is 36.4 Å². The summed E-state index contributed by atoms with van der Waals surface area (Å²) in [5.41, 5.74) is 3.23. The van der Waals surface area contributed by atoms with Crippen LogP contribution >= 0.6 is 39.1 Å². The smallest absolute Gasteiger partial charge is 0.266 e. The molecular formula is C24H17BrCl2N2O2. The maximum absolute atomic E-state index is 12.5. The van der Waals surface area contributed by atoms with Gasteiger partial charge in [0.25, 0.3) is 5.91 Å². The Morgan fingerprint density at radius 1 is 1.16 bits per heavy atom. The molecule has 0 spiro atoms. The number of aryl methyl sites for hydroxylation is 1. The van der Waals surface area contributed by atoms with E-state index >= 15 is 0 Å². The number of halogens is 3. The molecule has 0 bridgehead atoms. The number of carbonyl (C=O) groups excluding carboxylic acids is 1. The van der Waals surface area contributed by atoms with Crippen LogP contribution in [0.5, 0.6) is 5.75 Å². The summed E-state index contributed by atoms with van der Waals surface area (Å²) in [6.45, 7) is 2.38. The van der Waals surface area contributed by atoms with Gasteiger partial charge in [-0.15, -0.1) is 0 Å². The highest BCUT2D eigenvalue weighted by Crippen LogP contribution is 2.35. The third-order valence-corrected chi connectivity index (χ3v) is 5.39. The van der Waals surface area contributed by atoms with Crippen LogP contribution in [0, 0.1) is 18.3 Å². The maximum Gasteiger partial charge on any atom is 0.266 e. The van der Waals surface area contributed by atoms with Gasteiger partial charge in [0, 0.05) is 10.7 Å². The van der Waals surface area contributed by atoms with E-state index in [1.165, 1.54) is 6.08 Å². The van der Waals surface area contributed by atoms with Gasteiger partial charge in [-0.1, -0.05) is 53.0 Å². The molecule has 0 aliphatic heterocycles. The summed E-state index contributed by atoms with van der Waals surface area (Å²) in [5, 5.41) is 13.0. The SMILES string of the molecule is Cc1cccc(COc2c(Cl)cc(/C=C(/C#N)C(=O)Nc3ccc(Cl)cc3)cc2Br)c1. The van der Waals surface area contributed by atoms with Gasteiger partial charge in [-0.05, 0) is 76.5 Å². The van der Waals surface area contributed by atoms with Gasteiger partial charge in [-0.3, -0.25) is 4.79 Å².